The van der Waals surface area contributed by atoms with Gasteiger partial charge < -0.3 is 5.73 Å². The molecule has 3 aromatic rings. The number of hydrogen-bond acceptors (Lipinski definition) is 3. The predicted molar refractivity (Wildman–Crippen MR) is 74.7 cm³/mol. The first-order chi connectivity index (χ1) is 9.31. The van der Waals surface area contributed by atoms with Gasteiger partial charge in [0.05, 0.1) is 17.4 Å². The van der Waals surface area contributed by atoms with Gasteiger partial charge in [0.1, 0.15) is 0 Å². The topological polar surface area (TPSA) is 67.6 Å². The quantitative estimate of drug-likeness (QED) is 0.734. The third-order valence-electron chi connectivity index (χ3n) is 3.79. The van der Waals surface area contributed by atoms with Crippen molar-refractivity contribution in [2.75, 3.05) is 0 Å². The molecule has 0 saturated heterocycles. The molecule has 1 aliphatic rings. The monoisotopic (exact) mass is 250 g/mol. The van der Waals surface area contributed by atoms with E-state index in [4.69, 9.17) is 5.73 Å². The third kappa shape index (κ3) is 1.81. The maximum Gasteiger partial charge on any atom is 0.0702 e. The highest BCUT2D eigenvalue weighted by atomic mass is 15.1. The van der Waals surface area contributed by atoms with E-state index in [0.717, 1.165) is 28.6 Å². The summed E-state index contributed by atoms with van der Waals surface area (Å²) in [6.45, 7) is 0. The van der Waals surface area contributed by atoms with Gasteiger partial charge in [0, 0.05) is 29.1 Å². The minimum atomic E-state index is 0.328. The summed E-state index contributed by atoms with van der Waals surface area (Å²) < 4.78 is 0. The van der Waals surface area contributed by atoms with Crippen LogP contribution in [-0.4, -0.2) is 21.2 Å². The molecule has 0 aliphatic heterocycles. The first kappa shape index (κ1) is 10.7. The number of rotatable bonds is 2. The van der Waals surface area contributed by atoms with Gasteiger partial charge in [0.25, 0.3) is 0 Å². The predicted octanol–water partition coefficient (Wildman–Crippen LogP) is 2.44. The molecular weight excluding hydrogens is 236 g/mol. The fourth-order valence-electron chi connectivity index (χ4n) is 2.49. The Balaban J connectivity index is 1.70. The number of pyridine rings is 1. The molecular formula is C15H14N4. The van der Waals surface area contributed by atoms with Gasteiger partial charge in [-0.05, 0) is 24.1 Å². The minimum Gasteiger partial charge on any atom is -0.327 e. The lowest BCUT2D eigenvalue weighted by Gasteiger charge is -2.03. The summed E-state index contributed by atoms with van der Waals surface area (Å²) in [5.74, 6) is 0.511. The number of nitrogens with zero attached hydrogens (tertiary/aromatic N) is 2. The molecule has 4 heteroatoms. The number of nitrogens with one attached hydrogen (secondary N) is 1. The molecule has 2 atom stereocenters. The summed E-state index contributed by atoms with van der Waals surface area (Å²) in [4.78, 5) is 4.55. The van der Waals surface area contributed by atoms with Crippen molar-refractivity contribution >= 4 is 10.9 Å². The first-order valence-corrected chi connectivity index (χ1v) is 6.46. The Morgan fingerprint density at radius 3 is 2.79 bits per heavy atom. The van der Waals surface area contributed by atoms with Crippen LogP contribution < -0.4 is 5.73 Å². The van der Waals surface area contributed by atoms with Gasteiger partial charge in [-0.15, -0.1) is 0 Å². The number of aromatic amines is 1. The Hall–Kier alpha value is -2.20. The van der Waals surface area contributed by atoms with E-state index in [0.29, 0.717) is 12.0 Å². The molecule has 1 saturated carbocycles. The van der Waals surface area contributed by atoms with E-state index in [-0.39, 0.29) is 0 Å². The molecule has 0 radical (unpaired) electrons. The van der Waals surface area contributed by atoms with Gasteiger partial charge in [0.15, 0.2) is 0 Å². The van der Waals surface area contributed by atoms with E-state index >= 15 is 0 Å². The molecule has 0 unspecified atom stereocenters. The van der Waals surface area contributed by atoms with Crippen LogP contribution >= 0.6 is 0 Å². The fraction of sp³-hybridized carbons (Fsp3) is 0.200. The van der Waals surface area contributed by atoms with Crippen molar-refractivity contribution in [2.45, 2.75) is 18.4 Å². The summed E-state index contributed by atoms with van der Waals surface area (Å²) >= 11 is 0. The highest BCUT2D eigenvalue weighted by molar-refractivity contribution is 5.83. The van der Waals surface area contributed by atoms with E-state index in [1.54, 1.807) is 0 Å². The summed E-state index contributed by atoms with van der Waals surface area (Å²) in [5, 5.41) is 8.13. The van der Waals surface area contributed by atoms with Crippen molar-refractivity contribution < 1.29 is 0 Å². The average Bonchev–Trinajstić information content (AvgIpc) is 3.00. The van der Waals surface area contributed by atoms with Gasteiger partial charge in [-0.3, -0.25) is 10.1 Å². The standard InChI is InChI=1S/C15H14N4/c16-13-6-12(13)10-3-4-14(17-7-10)9-1-2-11-8-18-19-15(11)5-9/h1-5,7-8,12-13H,6,16H2,(H,18,19)/t12-,13+/m0/s1. The zero-order valence-corrected chi connectivity index (χ0v) is 10.4. The highest BCUT2D eigenvalue weighted by Gasteiger charge is 2.34. The van der Waals surface area contributed by atoms with Crippen LogP contribution in [0, 0.1) is 0 Å². The van der Waals surface area contributed by atoms with Crippen molar-refractivity contribution in [2.24, 2.45) is 5.73 Å². The van der Waals surface area contributed by atoms with Crippen LogP contribution in [0.2, 0.25) is 0 Å². The third-order valence-corrected chi connectivity index (χ3v) is 3.79. The Kier molecular flexibility index (Phi) is 2.19. The number of fused-ring (bicyclic) bond motifs is 1. The smallest absolute Gasteiger partial charge is 0.0702 e. The lowest BCUT2D eigenvalue weighted by molar-refractivity contribution is 0.981. The zero-order chi connectivity index (χ0) is 12.8. The van der Waals surface area contributed by atoms with Gasteiger partial charge >= 0.3 is 0 Å². The average molecular weight is 250 g/mol. The molecule has 2 aromatic heterocycles. The first-order valence-electron chi connectivity index (χ1n) is 6.46. The summed E-state index contributed by atoms with van der Waals surface area (Å²) in [6.07, 6.45) is 4.86. The van der Waals surface area contributed by atoms with Crippen LogP contribution in [0.15, 0.2) is 42.7 Å². The molecule has 3 N–H and O–H groups in total. The van der Waals surface area contributed by atoms with E-state index in [1.807, 2.05) is 12.4 Å². The Bertz CT molecular complexity index is 729. The van der Waals surface area contributed by atoms with E-state index in [9.17, 15) is 0 Å². The SMILES string of the molecule is N[C@@H]1C[C@H]1c1ccc(-c2ccc3cn[nH]c3c2)nc1. The minimum absolute atomic E-state index is 0.328. The van der Waals surface area contributed by atoms with Crippen molar-refractivity contribution in [3.63, 3.8) is 0 Å². The molecule has 4 nitrogen and oxygen atoms in total. The van der Waals surface area contributed by atoms with E-state index < -0.39 is 0 Å². The van der Waals surface area contributed by atoms with Crippen LogP contribution in [0.25, 0.3) is 22.2 Å². The van der Waals surface area contributed by atoms with Crippen molar-refractivity contribution in [3.8, 4) is 11.3 Å². The highest BCUT2D eigenvalue weighted by Crippen LogP contribution is 2.38. The van der Waals surface area contributed by atoms with Crippen LogP contribution in [0.5, 0.6) is 0 Å². The largest absolute Gasteiger partial charge is 0.327 e. The number of aromatic nitrogens is 3. The lowest BCUT2D eigenvalue weighted by atomic mass is 10.1. The number of H-pyrrole nitrogens is 1. The maximum absolute atomic E-state index is 5.86. The Morgan fingerprint density at radius 2 is 2.05 bits per heavy atom. The summed E-state index contributed by atoms with van der Waals surface area (Å²) in [5.41, 5.74) is 10.2. The maximum atomic E-state index is 5.86. The van der Waals surface area contributed by atoms with Crippen molar-refractivity contribution in [1.29, 1.82) is 0 Å². The van der Waals surface area contributed by atoms with Crippen molar-refractivity contribution in [3.05, 3.63) is 48.3 Å². The van der Waals surface area contributed by atoms with Gasteiger partial charge in [-0.25, -0.2) is 0 Å². The molecule has 2 heterocycles. The Morgan fingerprint density at radius 1 is 1.16 bits per heavy atom. The van der Waals surface area contributed by atoms with Crippen LogP contribution in [0.1, 0.15) is 17.9 Å². The molecule has 0 bridgehead atoms. The summed E-state index contributed by atoms with van der Waals surface area (Å²) in [6, 6.07) is 10.7. The molecule has 0 amide bonds. The number of hydrogen-bond donors (Lipinski definition) is 2. The lowest BCUT2D eigenvalue weighted by Crippen LogP contribution is -2.01. The van der Waals surface area contributed by atoms with Crippen LogP contribution in [0.3, 0.4) is 0 Å². The molecule has 1 fully saturated rings. The van der Waals surface area contributed by atoms with Gasteiger partial charge in [0.2, 0.25) is 0 Å². The molecule has 0 spiro atoms. The fourth-order valence-corrected chi connectivity index (χ4v) is 2.49. The molecule has 1 aromatic carbocycles. The number of nitrogens with two attached hydrogens (primary N) is 1. The zero-order valence-electron chi connectivity index (χ0n) is 10.4. The molecule has 1 aliphatic carbocycles. The van der Waals surface area contributed by atoms with Crippen LogP contribution in [-0.2, 0) is 0 Å². The Labute approximate surface area is 110 Å². The van der Waals surface area contributed by atoms with E-state index in [2.05, 4.69) is 45.5 Å². The molecule has 19 heavy (non-hydrogen) atoms. The van der Waals surface area contributed by atoms with Crippen molar-refractivity contribution in [1.82, 2.24) is 15.2 Å². The summed E-state index contributed by atoms with van der Waals surface area (Å²) in [7, 11) is 0. The second-order valence-electron chi connectivity index (χ2n) is 5.15. The van der Waals surface area contributed by atoms with Gasteiger partial charge in [-0.2, -0.15) is 5.10 Å². The molecule has 4 rings (SSSR count). The van der Waals surface area contributed by atoms with E-state index in [1.165, 1.54) is 5.56 Å². The molecule has 94 valence electrons. The van der Waals surface area contributed by atoms with Crippen LogP contribution in [0.4, 0.5) is 0 Å². The van der Waals surface area contributed by atoms with Gasteiger partial charge in [-0.1, -0.05) is 18.2 Å². The normalized spacial score (nSPS) is 21.7. The number of benzene rings is 1. The second kappa shape index (κ2) is 3.90. The second-order valence-corrected chi connectivity index (χ2v) is 5.15.